The Morgan fingerprint density at radius 2 is 1.97 bits per heavy atom. The van der Waals surface area contributed by atoms with Crippen LogP contribution in [0.3, 0.4) is 0 Å². The molecule has 6 nitrogen and oxygen atoms in total. The van der Waals surface area contributed by atoms with Crippen LogP contribution in [0.4, 0.5) is 0 Å². The van der Waals surface area contributed by atoms with Gasteiger partial charge >= 0.3 is 0 Å². The number of nitrogens with one attached hydrogen (secondary N) is 1. The predicted octanol–water partition coefficient (Wildman–Crippen LogP) is 4.45. The molecule has 0 saturated carbocycles. The van der Waals surface area contributed by atoms with E-state index in [0.29, 0.717) is 19.4 Å². The van der Waals surface area contributed by atoms with Gasteiger partial charge in [-0.2, -0.15) is 5.10 Å². The molecule has 5 rings (SSSR count). The van der Waals surface area contributed by atoms with Gasteiger partial charge in [0.25, 0.3) is 0 Å². The van der Waals surface area contributed by atoms with Crippen molar-refractivity contribution in [2.45, 2.75) is 45.6 Å². The quantitative estimate of drug-likeness (QED) is 0.455. The number of thiophene rings is 1. The van der Waals surface area contributed by atoms with Crippen LogP contribution in [0.2, 0.25) is 0 Å². The summed E-state index contributed by atoms with van der Waals surface area (Å²) < 4.78 is 1.92. The summed E-state index contributed by atoms with van der Waals surface area (Å²) in [4.78, 5) is 21.4. The minimum atomic E-state index is 0.0928. The molecule has 0 unspecified atom stereocenters. The van der Waals surface area contributed by atoms with Crippen LogP contribution in [-0.4, -0.2) is 45.0 Å². The molecule has 4 heterocycles. The van der Waals surface area contributed by atoms with E-state index in [-0.39, 0.29) is 11.9 Å². The molecule has 0 aliphatic carbocycles. The number of benzene rings is 1. The van der Waals surface area contributed by atoms with Crippen molar-refractivity contribution < 1.29 is 4.79 Å². The number of fused-ring (bicyclic) bond motifs is 3. The van der Waals surface area contributed by atoms with Gasteiger partial charge in [-0.25, -0.2) is 9.50 Å². The van der Waals surface area contributed by atoms with Gasteiger partial charge in [0.1, 0.15) is 0 Å². The highest BCUT2D eigenvalue weighted by Gasteiger charge is 2.24. The van der Waals surface area contributed by atoms with Crippen LogP contribution < -0.4 is 5.32 Å². The number of hydrogen-bond donors (Lipinski definition) is 1. The Balaban J connectivity index is 1.28. The Morgan fingerprint density at radius 1 is 1.16 bits per heavy atom. The molecular weight excluding hydrogens is 418 g/mol. The number of aromatic nitrogens is 3. The SMILES string of the molecule is Cc1nc2c3ccccc3nn2c(C)c1CCC(=O)NC[C@H](c1cccs1)N1CCCC1. The minimum Gasteiger partial charge on any atom is -0.354 e. The first-order valence-corrected chi connectivity index (χ1v) is 12.3. The standard InChI is InChI=1S/C25H29N5OS/c1-17-19(18(2)30-25(27-17)20-8-3-4-9-21(20)28-30)11-12-24(31)26-16-22(23-10-7-15-32-23)29-13-5-6-14-29/h3-4,7-10,15,22H,5-6,11-14,16H2,1-2H3,(H,26,31)/t22-/m1/s1. The summed E-state index contributed by atoms with van der Waals surface area (Å²) in [6.07, 6.45) is 3.60. The summed E-state index contributed by atoms with van der Waals surface area (Å²) in [5.74, 6) is 0.0928. The van der Waals surface area contributed by atoms with Crippen molar-refractivity contribution >= 4 is 33.8 Å². The summed E-state index contributed by atoms with van der Waals surface area (Å²) in [5, 5.41) is 11.1. The molecule has 1 amide bonds. The average molecular weight is 448 g/mol. The summed E-state index contributed by atoms with van der Waals surface area (Å²) in [7, 11) is 0. The smallest absolute Gasteiger partial charge is 0.220 e. The molecule has 1 N–H and O–H groups in total. The van der Waals surface area contributed by atoms with Crippen molar-refractivity contribution in [3.05, 3.63) is 63.6 Å². The third-order valence-corrected chi connectivity index (χ3v) is 7.54. The van der Waals surface area contributed by atoms with E-state index >= 15 is 0 Å². The van der Waals surface area contributed by atoms with Crippen LogP contribution >= 0.6 is 11.3 Å². The molecule has 1 atom stereocenters. The molecule has 7 heteroatoms. The molecule has 0 radical (unpaired) electrons. The molecule has 166 valence electrons. The van der Waals surface area contributed by atoms with E-state index in [1.807, 2.05) is 29.6 Å². The summed E-state index contributed by atoms with van der Waals surface area (Å²) in [6.45, 7) is 6.99. The molecule has 1 aromatic carbocycles. The molecule has 3 aromatic heterocycles. The maximum Gasteiger partial charge on any atom is 0.220 e. The van der Waals surface area contributed by atoms with Crippen LogP contribution in [0.5, 0.6) is 0 Å². The third kappa shape index (κ3) is 4.02. The second-order valence-electron chi connectivity index (χ2n) is 8.59. The second-order valence-corrected chi connectivity index (χ2v) is 9.57. The number of nitrogens with zero attached hydrogens (tertiary/aromatic N) is 4. The van der Waals surface area contributed by atoms with E-state index < -0.39 is 0 Å². The van der Waals surface area contributed by atoms with Crippen molar-refractivity contribution in [3.8, 4) is 0 Å². The highest BCUT2D eigenvalue weighted by Crippen LogP contribution is 2.28. The number of rotatable bonds is 7. The van der Waals surface area contributed by atoms with E-state index in [4.69, 9.17) is 10.1 Å². The van der Waals surface area contributed by atoms with E-state index in [1.54, 1.807) is 11.3 Å². The van der Waals surface area contributed by atoms with Crippen LogP contribution in [-0.2, 0) is 11.2 Å². The van der Waals surface area contributed by atoms with Gasteiger partial charge in [-0.1, -0.05) is 18.2 Å². The van der Waals surface area contributed by atoms with Gasteiger partial charge in [-0.15, -0.1) is 11.3 Å². The van der Waals surface area contributed by atoms with Crippen molar-refractivity contribution in [3.63, 3.8) is 0 Å². The predicted molar refractivity (Wildman–Crippen MR) is 129 cm³/mol. The summed E-state index contributed by atoms with van der Waals surface area (Å²) >= 11 is 1.78. The number of carbonyl (C=O) groups excluding carboxylic acids is 1. The molecular formula is C25H29N5OS. The Hall–Kier alpha value is -2.77. The minimum absolute atomic E-state index is 0.0928. The van der Waals surface area contributed by atoms with Crippen LogP contribution in [0.1, 0.15) is 47.1 Å². The maximum absolute atomic E-state index is 12.8. The first kappa shape index (κ1) is 21.1. The van der Waals surface area contributed by atoms with Gasteiger partial charge in [-0.05, 0) is 75.3 Å². The number of amides is 1. The zero-order valence-corrected chi connectivity index (χ0v) is 19.5. The van der Waals surface area contributed by atoms with Gasteiger partial charge < -0.3 is 5.32 Å². The molecule has 0 spiro atoms. The van der Waals surface area contributed by atoms with E-state index in [2.05, 4.69) is 40.7 Å². The number of carbonyl (C=O) groups is 1. The summed E-state index contributed by atoms with van der Waals surface area (Å²) in [5.41, 5.74) is 4.97. The van der Waals surface area contributed by atoms with Crippen LogP contribution in [0.25, 0.3) is 16.6 Å². The zero-order valence-electron chi connectivity index (χ0n) is 18.7. The van der Waals surface area contributed by atoms with E-state index in [0.717, 1.165) is 46.6 Å². The number of aryl methyl sites for hydroxylation is 2. The first-order valence-electron chi connectivity index (χ1n) is 11.4. The lowest BCUT2D eigenvalue weighted by molar-refractivity contribution is -0.121. The third-order valence-electron chi connectivity index (χ3n) is 6.57. The molecule has 1 aliphatic rings. The second kappa shape index (κ2) is 9.00. The lowest BCUT2D eigenvalue weighted by Crippen LogP contribution is -2.36. The fourth-order valence-electron chi connectivity index (χ4n) is 4.82. The van der Waals surface area contributed by atoms with Crippen molar-refractivity contribution in [1.29, 1.82) is 0 Å². The Morgan fingerprint density at radius 3 is 2.75 bits per heavy atom. The molecule has 32 heavy (non-hydrogen) atoms. The Labute approximate surface area is 192 Å². The van der Waals surface area contributed by atoms with Crippen LogP contribution in [0, 0.1) is 13.8 Å². The van der Waals surface area contributed by atoms with Gasteiger partial charge in [-0.3, -0.25) is 9.69 Å². The molecule has 1 aliphatic heterocycles. The Bertz CT molecular complexity index is 1240. The zero-order chi connectivity index (χ0) is 22.1. The van der Waals surface area contributed by atoms with Gasteiger partial charge in [0.2, 0.25) is 5.91 Å². The lowest BCUT2D eigenvalue weighted by Gasteiger charge is -2.27. The Kier molecular flexibility index (Phi) is 5.93. The molecule has 1 fully saturated rings. The first-order chi connectivity index (χ1) is 15.6. The summed E-state index contributed by atoms with van der Waals surface area (Å²) in [6, 6.07) is 12.6. The normalized spacial score (nSPS) is 15.6. The van der Waals surface area contributed by atoms with Gasteiger partial charge in [0.05, 0.1) is 11.6 Å². The molecule has 0 bridgehead atoms. The average Bonchev–Trinajstić information content (AvgIpc) is 3.56. The van der Waals surface area contributed by atoms with Gasteiger partial charge in [0.15, 0.2) is 5.65 Å². The fraction of sp³-hybridized carbons (Fsp3) is 0.400. The monoisotopic (exact) mass is 447 g/mol. The highest BCUT2D eigenvalue weighted by atomic mass is 32.1. The molecule has 1 saturated heterocycles. The molecule has 4 aromatic rings. The number of likely N-dealkylation sites (tertiary alicyclic amines) is 1. The lowest BCUT2D eigenvalue weighted by atomic mass is 10.1. The highest BCUT2D eigenvalue weighted by molar-refractivity contribution is 7.10. The maximum atomic E-state index is 12.8. The van der Waals surface area contributed by atoms with Crippen LogP contribution in [0.15, 0.2) is 41.8 Å². The van der Waals surface area contributed by atoms with E-state index in [9.17, 15) is 4.79 Å². The number of hydrogen-bond acceptors (Lipinski definition) is 5. The van der Waals surface area contributed by atoms with Crippen molar-refractivity contribution in [2.24, 2.45) is 0 Å². The largest absolute Gasteiger partial charge is 0.354 e. The van der Waals surface area contributed by atoms with Crippen molar-refractivity contribution in [1.82, 2.24) is 24.8 Å². The topological polar surface area (TPSA) is 62.5 Å². The van der Waals surface area contributed by atoms with Gasteiger partial charge in [0, 0.05) is 34.6 Å². The fourth-order valence-corrected chi connectivity index (χ4v) is 5.68. The van der Waals surface area contributed by atoms with Crippen molar-refractivity contribution in [2.75, 3.05) is 19.6 Å². The van der Waals surface area contributed by atoms with E-state index in [1.165, 1.54) is 17.7 Å².